The van der Waals surface area contributed by atoms with Gasteiger partial charge in [-0.1, -0.05) is 0 Å². The van der Waals surface area contributed by atoms with Crippen LogP contribution < -0.4 is 44.6 Å². The first-order valence-corrected chi connectivity index (χ1v) is 10.5. The summed E-state index contributed by atoms with van der Waals surface area (Å²) in [6.07, 6.45) is 0.739. The van der Waals surface area contributed by atoms with Gasteiger partial charge in [-0.2, -0.15) is 0 Å². The summed E-state index contributed by atoms with van der Waals surface area (Å²) in [5, 5.41) is 25.4. The third-order valence-electron chi connectivity index (χ3n) is 4.37. The Hall–Kier alpha value is -3.66. The van der Waals surface area contributed by atoms with Crippen molar-refractivity contribution in [3.63, 3.8) is 0 Å². The molecular formula is C18H36N10O6. The number of hydrogen-bond donors (Lipinski definition) is 10. The molecule has 16 heteroatoms. The zero-order valence-electron chi connectivity index (χ0n) is 19.1. The van der Waals surface area contributed by atoms with Gasteiger partial charge in [0, 0.05) is 13.1 Å². The van der Waals surface area contributed by atoms with Gasteiger partial charge in [-0.15, -0.1) is 0 Å². The SMILES string of the molecule is C[C@H](N)C(=O)N[C@@H](CCCN=C(N)N)C(=O)N[C@@H](CCCN=C(N)N)C(=O)N[C@@H](CO)C(=O)O. The number of nitrogens with zero attached hydrogens (tertiary/aromatic N) is 2. The summed E-state index contributed by atoms with van der Waals surface area (Å²) in [7, 11) is 0. The highest BCUT2D eigenvalue weighted by molar-refractivity contribution is 5.94. The maximum atomic E-state index is 12.9. The first-order valence-electron chi connectivity index (χ1n) is 10.5. The minimum Gasteiger partial charge on any atom is -0.480 e. The number of rotatable bonds is 16. The molecule has 0 aromatic heterocycles. The van der Waals surface area contributed by atoms with E-state index in [2.05, 4.69) is 25.9 Å². The van der Waals surface area contributed by atoms with Crippen molar-refractivity contribution in [2.75, 3.05) is 19.7 Å². The van der Waals surface area contributed by atoms with Crippen LogP contribution in [0.5, 0.6) is 0 Å². The standard InChI is InChI=1S/C18H36N10O6/c1-9(19)13(30)26-10(4-2-6-24-17(20)21)14(31)27-11(5-3-7-25-18(22)23)15(32)28-12(8-29)16(33)34/h9-12,29H,2-8,19H2,1H3,(H,26,30)(H,27,31)(H,28,32)(H,33,34)(H4,20,21,24)(H4,22,23,25)/t9-,10-,11-,12-/m0/s1. The number of aliphatic hydroxyl groups is 1. The lowest BCUT2D eigenvalue weighted by molar-refractivity contribution is -0.143. The van der Waals surface area contributed by atoms with E-state index in [0.717, 1.165) is 0 Å². The van der Waals surface area contributed by atoms with Crippen LogP contribution in [-0.2, 0) is 19.2 Å². The number of carbonyl (C=O) groups is 4. The molecule has 0 aliphatic heterocycles. The van der Waals surface area contributed by atoms with Crippen LogP contribution in [0.3, 0.4) is 0 Å². The lowest BCUT2D eigenvalue weighted by Crippen LogP contribution is -2.57. The van der Waals surface area contributed by atoms with Crippen LogP contribution in [0.15, 0.2) is 9.98 Å². The fourth-order valence-electron chi connectivity index (χ4n) is 2.58. The second kappa shape index (κ2) is 16.0. The Balaban J connectivity index is 5.49. The molecule has 34 heavy (non-hydrogen) atoms. The summed E-state index contributed by atoms with van der Waals surface area (Å²) in [6, 6.07) is -4.75. The van der Waals surface area contributed by atoms with E-state index in [-0.39, 0.29) is 44.3 Å². The van der Waals surface area contributed by atoms with Crippen molar-refractivity contribution in [2.24, 2.45) is 38.7 Å². The van der Waals surface area contributed by atoms with Gasteiger partial charge >= 0.3 is 5.97 Å². The van der Waals surface area contributed by atoms with Gasteiger partial charge in [0.25, 0.3) is 0 Å². The number of guanidine groups is 2. The molecule has 0 unspecified atom stereocenters. The van der Waals surface area contributed by atoms with Crippen LogP contribution in [0.2, 0.25) is 0 Å². The van der Waals surface area contributed by atoms with E-state index in [1.54, 1.807) is 0 Å². The number of aliphatic carboxylic acids is 1. The molecule has 0 aromatic carbocycles. The van der Waals surface area contributed by atoms with E-state index in [4.69, 9.17) is 38.9 Å². The van der Waals surface area contributed by atoms with Crippen molar-refractivity contribution in [3.8, 4) is 0 Å². The predicted octanol–water partition coefficient (Wildman–Crippen LogP) is -5.03. The van der Waals surface area contributed by atoms with Gasteiger partial charge in [-0.05, 0) is 32.6 Å². The van der Waals surface area contributed by atoms with Crippen LogP contribution in [-0.4, -0.2) is 89.7 Å². The van der Waals surface area contributed by atoms with Crippen LogP contribution in [0.1, 0.15) is 32.6 Å². The minimum atomic E-state index is -1.57. The summed E-state index contributed by atoms with van der Waals surface area (Å²) in [5.74, 6) is -3.90. The van der Waals surface area contributed by atoms with E-state index in [9.17, 15) is 19.2 Å². The molecule has 0 aliphatic rings. The molecule has 0 saturated carbocycles. The highest BCUT2D eigenvalue weighted by atomic mass is 16.4. The largest absolute Gasteiger partial charge is 0.480 e. The topological polar surface area (TPSA) is 300 Å². The fourth-order valence-corrected chi connectivity index (χ4v) is 2.58. The van der Waals surface area contributed by atoms with Crippen molar-refractivity contribution in [1.82, 2.24) is 16.0 Å². The van der Waals surface area contributed by atoms with E-state index in [1.165, 1.54) is 6.92 Å². The third-order valence-corrected chi connectivity index (χ3v) is 4.37. The van der Waals surface area contributed by atoms with E-state index < -0.39 is 54.5 Å². The van der Waals surface area contributed by atoms with Gasteiger partial charge in [0.1, 0.15) is 18.1 Å². The molecule has 0 saturated heterocycles. The van der Waals surface area contributed by atoms with Gasteiger partial charge in [0.15, 0.2) is 11.9 Å². The zero-order chi connectivity index (χ0) is 26.3. The molecule has 0 aromatic rings. The zero-order valence-corrected chi connectivity index (χ0v) is 19.1. The predicted molar refractivity (Wildman–Crippen MR) is 124 cm³/mol. The quantitative estimate of drug-likeness (QED) is 0.0556. The van der Waals surface area contributed by atoms with Gasteiger partial charge in [0.05, 0.1) is 12.6 Å². The second-order valence-electron chi connectivity index (χ2n) is 7.39. The van der Waals surface area contributed by atoms with Gasteiger partial charge < -0.3 is 54.8 Å². The first kappa shape index (κ1) is 30.3. The summed E-state index contributed by atoms with van der Waals surface area (Å²) in [6.45, 7) is 0.922. The highest BCUT2D eigenvalue weighted by Crippen LogP contribution is 2.04. The van der Waals surface area contributed by atoms with Crippen molar-refractivity contribution >= 4 is 35.6 Å². The van der Waals surface area contributed by atoms with E-state index in [0.29, 0.717) is 6.42 Å². The number of nitrogens with two attached hydrogens (primary N) is 5. The number of amides is 3. The molecular weight excluding hydrogens is 452 g/mol. The maximum Gasteiger partial charge on any atom is 0.328 e. The Morgan fingerprint density at radius 3 is 1.47 bits per heavy atom. The van der Waals surface area contributed by atoms with E-state index >= 15 is 0 Å². The average Bonchev–Trinajstić information content (AvgIpc) is 2.74. The fraction of sp³-hybridized carbons (Fsp3) is 0.667. The lowest BCUT2D eigenvalue weighted by atomic mass is 10.1. The molecule has 0 bridgehead atoms. The van der Waals surface area contributed by atoms with Crippen molar-refractivity contribution in [3.05, 3.63) is 0 Å². The molecule has 16 nitrogen and oxygen atoms in total. The summed E-state index contributed by atoms with van der Waals surface area (Å²) in [4.78, 5) is 56.3. The number of aliphatic hydroxyl groups excluding tert-OH is 1. The van der Waals surface area contributed by atoms with E-state index in [1.807, 2.05) is 0 Å². The van der Waals surface area contributed by atoms with Crippen LogP contribution in [0.4, 0.5) is 0 Å². The molecule has 0 rings (SSSR count). The first-order chi connectivity index (χ1) is 15.9. The molecule has 15 N–H and O–H groups in total. The smallest absolute Gasteiger partial charge is 0.328 e. The third kappa shape index (κ3) is 13.0. The van der Waals surface area contributed by atoms with Crippen LogP contribution in [0, 0.1) is 0 Å². The second-order valence-corrected chi connectivity index (χ2v) is 7.39. The van der Waals surface area contributed by atoms with Crippen molar-refractivity contribution in [1.29, 1.82) is 0 Å². The molecule has 0 aliphatic carbocycles. The number of carbonyl (C=O) groups excluding carboxylic acids is 3. The van der Waals surface area contributed by atoms with Crippen LogP contribution in [0.25, 0.3) is 0 Å². The Labute approximate surface area is 196 Å². The Morgan fingerprint density at radius 2 is 1.15 bits per heavy atom. The molecule has 194 valence electrons. The number of nitrogens with one attached hydrogen (secondary N) is 3. The summed E-state index contributed by atoms with van der Waals surface area (Å²) < 4.78 is 0. The highest BCUT2D eigenvalue weighted by Gasteiger charge is 2.29. The van der Waals surface area contributed by atoms with Gasteiger partial charge in [-0.3, -0.25) is 24.4 Å². The number of hydrogen-bond acceptors (Lipinski definition) is 8. The Bertz CT molecular complexity index is 750. The minimum absolute atomic E-state index is 0.0358. The number of carboxylic acid groups (broad SMARTS) is 1. The summed E-state index contributed by atoms with van der Waals surface area (Å²) >= 11 is 0. The van der Waals surface area contributed by atoms with Gasteiger partial charge in [0.2, 0.25) is 17.7 Å². The van der Waals surface area contributed by atoms with Crippen LogP contribution >= 0.6 is 0 Å². The Morgan fingerprint density at radius 1 is 0.765 bits per heavy atom. The average molecular weight is 489 g/mol. The molecule has 0 fully saturated rings. The molecule has 0 heterocycles. The maximum absolute atomic E-state index is 12.9. The molecule has 4 atom stereocenters. The molecule has 0 spiro atoms. The van der Waals surface area contributed by atoms with Crippen molar-refractivity contribution < 1.29 is 29.4 Å². The molecule has 0 radical (unpaired) electrons. The molecule has 3 amide bonds. The Kier molecular flexibility index (Phi) is 14.3. The van der Waals surface area contributed by atoms with Crippen molar-refractivity contribution in [2.45, 2.75) is 56.8 Å². The normalized spacial score (nSPS) is 14.0. The number of aliphatic imine (C=N–C) groups is 2. The lowest BCUT2D eigenvalue weighted by Gasteiger charge is -2.24. The summed E-state index contributed by atoms with van der Waals surface area (Å²) in [5.41, 5.74) is 26.6. The number of carboxylic acids is 1. The monoisotopic (exact) mass is 488 g/mol. The van der Waals surface area contributed by atoms with Gasteiger partial charge in [-0.25, -0.2) is 4.79 Å².